The minimum atomic E-state index is -3.23. The summed E-state index contributed by atoms with van der Waals surface area (Å²) in [6.45, 7) is 6.29. The SMILES string of the molecule is CCOP(=O)(OCC)C(c1cccnc1)N1CCCCC1. The average molecular weight is 312 g/mol. The predicted octanol–water partition coefficient (Wildman–Crippen LogP) is 3.83. The number of aromatic nitrogens is 1. The van der Waals surface area contributed by atoms with E-state index in [4.69, 9.17) is 9.05 Å². The predicted molar refractivity (Wildman–Crippen MR) is 83.3 cm³/mol. The summed E-state index contributed by atoms with van der Waals surface area (Å²) < 4.78 is 24.5. The maximum Gasteiger partial charge on any atom is 0.352 e. The Balaban J connectivity index is 2.35. The number of likely N-dealkylation sites (tertiary alicyclic amines) is 1. The molecule has 5 nitrogen and oxygen atoms in total. The van der Waals surface area contributed by atoms with Crippen molar-refractivity contribution in [3.63, 3.8) is 0 Å². The molecule has 1 saturated heterocycles. The smallest absolute Gasteiger partial charge is 0.308 e. The standard InChI is InChI=1S/C15H25N2O3P/c1-3-19-21(18,20-4-2)15(14-9-8-10-16-13-14)17-11-6-5-7-12-17/h8-10,13,15H,3-7,11-12H2,1-2H3. The first-order valence-electron chi connectivity index (χ1n) is 7.74. The van der Waals surface area contributed by atoms with Gasteiger partial charge in [-0.3, -0.25) is 14.4 Å². The highest BCUT2D eigenvalue weighted by atomic mass is 31.2. The second-order valence-electron chi connectivity index (χ2n) is 5.13. The van der Waals surface area contributed by atoms with Gasteiger partial charge in [-0.2, -0.15) is 0 Å². The Labute approximate surface area is 127 Å². The summed E-state index contributed by atoms with van der Waals surface area (Å²) in [7, 11) is -3.23. The molecule has 1 fully saturated rings. The third-order valence-corrected chi connectivity index (χ3v) is 6.10. The third kappa shape index (κ3) is 4.13. The van der Waals surface area contributed by atoms with Crippen molar-refractivity contribution < 1.29 is 13.6 Å². The summed E-state index contributed by atoms with van der Waals surface area (Å²) >= 11 is 0. The summed E-state index contributed by atoms with van der Waals surface area (Å²) in [5, 5.41) is 0. The Morgan fingerprint density at radius 2 is 1.90 bits per heavy atom. The number of hydrogen-bond donors (Lipinski definition) is 0. The van der Waals surface area contributed by atoms with Gasteiger partial charge < -0.3 is 9.05 Å². The Morgan fingerprint density at radius 1 is 1.24 bits per heavy atom. The van der Waals surface area contributed by atoms with Crippen LogP contribution in [0.25, 0.3) is 0 Å². The molecule has 0 saturated carbocycles. The molecule has 0 radical (unpaired) electrons. The molecule has 21 heavy (non-hydrogen) atoms. The van der Waals surface area contributed by atoms with E-state index in [9.17, 15) is 4.57 Å². The molecule has 1 aromatic rings. The van der Waals surface area contributed by atoms with E-state index in [1.807, 2.05) is 26.0 Å². The molecule has 1 aromatic heterocycles. The van der Waals surface area contributed by atoms with Gasteiger partial charge in [-0.05, 0) is 51.4 Å². The zero-order chi connectivity index (χ0) is 15.1. The van der Waals surface area contributed by atoms with Crippen LogP contribution in [0.15, 0.2) is 24.5 Å². The maximum atomic E-state index is 13.3. The molecular formula is C15H25N2O3P. The van der Waals surface area contributed by atoms with E-state index in [1.165, 1.54) is 6.42 Å². The molecular weight excluding hydrogens is 287 g/mol. The molecule has 0 bridgehead atoms. The van der Waals surface area contributed by atoms with E-state index < -0.39 is 7.60 Å². The lowest BCUT2D eigenvalue weighted by atomic mass is 10.1. The van der Waals surface area contributed by atoms with E-state index in [1.54, 1.807) is 12.4 Å². The highest BCUT2D eigenvalue weighted by molar-refractivity contribution is 7.54. The van der Waals surface area contributed by atoms with Gasteiger partial charge in [0.1, 0.15) is 5.78 Å². The van der Waals surface area contributed by atoms with Crippen LogP contribution in [0.2, 0.25) is 0 Å². The molecule has 2 heterocycles. The van der Waals surface area contributed by atoms with Crippen LogP contribution in [0.5, 0.6) is 0 Å². The summed E-state index contributed by atoms with van der Waals surface area (Å²) in [6.07, 6.45) is 6.96. The Kier molecular flexibility index (Phi) is 6.37. The summed E-state index contributed by atoms with van der Waals surface area (Å²) in [5.74, 6) is -0.355. The summed E-state index contributed by atoms with van der Waals surface area (Å²) in [5.41, 5.74) is 0.907. The molecule has 0 spiro atoms. The largest absolute Gasteiger partial charge is 0.352 e. The quantitative estimate of drug-likeness (QED) is 0.716. The molecule has 118 valence electrons. The number of rotatable bonds is 7. The lowest BCUT2D eigenvalue weighted by molar-refractivity contribution is 0.147. The first-order valence-corrected chi connectivity index (χ1v) is 9.35. The van der Waals surface area contributed by atoms with Crippen molar-refractivity contribution in [3.8, 4) is 0 Å². The fourth-order valence-corrected chi connectivity index (χ4v) is 5.05. The van der Waals surface area contributed by atoms with Crippen molar-refractivity contribution in [1.82, 2.24) is 9.88 Å². The minimum Gasteiger partial charge on any atom is -0.308 e. The van der Waals surface area contributed by atoms with E-state index in [2.05, 4.69) is 9.88 Å². The van der Waals surface area contributed by atoms with E-state index >= 15 is 0 Å². The molecule has 0 amide bonds. The van der Waals surface area contributed by atoms with Crippen LogP contribution in [0, 0.1) is 0 Å². The van der Waals surface area contributed by atoms with Crippen LogP contribution < -0.4 is 0 Å². The Bertz CT molecular complexity index is 453. The Hall–Kier alpha value is -0.740. The lowest BCUT2D eigenvalue weighted by Gasteiger charge is -2.37. The van der Waals surface area contributed by atoms with Crippen molar-refractivity contribution in [2.75, 3.05) is 26.3 Å². The monoisotopic (exact) mass is 312 g/mol. The van der Waals surface area contributed by atoms with Gasteiger partial charge in [-0.25, -0.2) is 0 Å². The molecule has 0 N–H and O–H groups in total. The van der Waals surface area contributed by atoms with Gasteiger partial charge in [0.25, 0.3) is 0 Å². The molecule has 0 aromatic carbocycles. The van der Waals surface area contributed by atoms with E-state index in [-0.39, 0.29) is 5.78 Å². The van der Waals surface area contributed by atoms with Gasteiger partial charge in [0.05, 0.1) is 13.2 Å². The zero-order valence-corrected chi connectivity index (χ0v) is 13.8. The van der Waals surface area contributed by atoms with Crippen molar-refractivity contribution >= 4 is 7.60 Å². The van der Waals surface area contributed by atoms with E-state index in [0.717, 1.165) is 31.5 Å². The molecule has 2 rings (SSSR count). The van der Waals surface area contributed by atoms with Crippen molar-refractivity contribution in [2.45, 2.75) is 38.9 Å². The second-order valence-corrected chi connectivity index (χ2v) is 7.22. The van der Waals surface area contributed by atoms with Crippen molar-refractivity contribution in [2.24, 2.45) is 0 Å². The van der Waals surface area contributed by atoms with Gasteiger partial charge in [-0.1, -0.05) is 12.5 Å². The number of pyridine rings is 1. The van der Waals surface area contributed by atoms with Gasteiger partial charge in [-0.15, -0.1) is 0 Å². The van der Waals surface area contributed by atoms with Crippen LogP contribution >= 0.6 is 7.60 Å². The molecule has 1 aliphatic heterocycles. The molecule has 0 aliphatic carbocycles. The average Bonchev–Trinajstić information content (AvgIpc) is 2.50. The third-order valence-electron chi connectivity index (χ3n) is 3.64. The molecule has 1 unspecified atom stereocenters. The highest BCUT2D eigenvalue weighted by Crippen LogP contribution is 2.62. The summed E-state index contributed by atoms with van der Waals surface area (Å²) in [4.78, 5) is 6.40. The van der Waals surface area contributed by atoms with E-state index in [0.29, 0.717) is 13.2 Å². The molecule has 1 atom stereocenters. The molecule has 6 heteroatoms. The second kappa shape index (κ2) is 8.04. The van der Waals surface area contributed by atoms with Crippen LogP contribution in [-0.2, 0) is 13.6 Å². The fourth-order valence-electron chi connectivity index (χ4n) is 2.82. The fraction of sp³-hybridized carbons (Fsp3) is 0.667. The van der Waals surface area contributed by atoms with Gasteiger partial charge >= 0.3 is 7.60 Å². The minimum absolute atomic E-state index is 0.355. The maximum absolute atomic E-state index is 13.3. The van der Waals surface area contributed by atoms with Crippen LogP contribution in [0.3, 0.4) is 0 Å². The zero-order valence-electron chi connectivity index (χ0n) is 12.9. The van der Waals surface area contributed by atoms with Crippen molar-refractivity contribution in [1.29, 1.82) is 0 Å². The number of nitrogens with zero attached hydrogens (tertiary/aromatic N) is 2. The highest BCUT2D eigenvalue weighted by Gasteiger charge is 2.41. The van der Waals surface area contributed by atoms with Crippen LogP contribution in [0.1, 0.15) is 44.5 Å². The van der Waals surface area contributed by atoms with Gasteiger partial charge in [0.15, 0.2) is 0 Å². The number of hydrogen-bond acceptors (Lipinski definition) is 5. The molecule has 1 aliphatic rings. The summed E-state index contributed by atoms with van der Waals surface area (Å²) in [6, 6.07) is 3.82. The first kappa shape index (κ1) is 16.6. The normalized spacial score (nSPS) is 18.6. The number of piperidine rings is 1. The van der Waals surface area contributed by atoms with Crippen LogP contribution in [-0.4, -0.2) is 36.2 Å². The topological polar surface area (TPSA) is 51.7 Å². The van der Waals surface area contributed by atoms with Crippen LogP contribution in [0.4, 0.5) is 0 Å². The first-order chi connectivity index (χ1) is 10.2. The lowest BCUT2D eigenvalue weighted by Crippen LogP contribution is -2.34. The van der Waals surface area contributed by atoms with Gasteiger partial charge in [0, 0.05) is 12.4 Å². The van der Waals surface area contributed by atoms with Gasteiger partial charge in [0.2, 0.25) is 0 Å². The Morgan fingerprint density at radius 3 is 2.43 bits per heavy atom. The van der Waals surface area contributed by atoms with Crippen molar-refractivity contribution in [3.05, 3.63) is 30.1 Å².